The number of fused-ring (bicyclic) bond motifs is 7. The summed E-state index contributed by atoms with van der Waals surface area (Å²) in [6.07, 6.45) is 0. The topological polar surface area (TPSA) is 0 Å². The Morgan fingerprint density at radius 2 is 0.796 bits per heavy atom. The van der Waals surface area contributed by atoms with Crippen LogP contribution in [0.1, 0.15) is 25.0 Å². The second-order valence-electron chi connectivity index (χ2n) is 14.1. The molecule has 0 N–H and O–H groups in total. The van der Waals surface area contributed by atoms with Crippen molar-refractivity contribution in [1.82, 2.24) is 0 Å². The van der Waals surface area contributed by atoms with Crippen molar-refractivity contribution >= 4 is 43.1 Å². The summed E-state index contributed by atoms with van der Waals surface area (Å²) in [5.74, 6) is 0. The van der Waals surface area contributed by atoms with Crippen LogP contribution >= 0.6 is 0 Å². The summed E-state index contributed by atoms with van der Waals surface area (Å²) in [6, 6.07) is 63.1. The lowest BCUT2D eigenvalue weighted by Crippen LogP contribution is -2.15. The summed E-state index contributed by atoms with van der Waals surface area (Å²) in [7, 11) is 0. The molecule has 1 aliphatic rings. The van der Waals surface area contributed by atoms with Crippen molar-refractivity contribution < 1.29 is 0 Å². The minimum absolute atomic E-state index is 0.0612. The molecule has 0 aliphatic heterocycles. The molecule has 1 aliphatic carbocycles. The van der Waals surface area contributed by atoms with Crippen LogP contribution in [0.25, 0.3) is 87.6 Å². The summed E-state index contributed by atoms with van der Waals surface area (Å²) in [5, 5.41) is 10.3. The maximum Gasteiger partial charge on any atom is 0.0159 e. The van der Waals surface area contributed by atoms with Gasteiger partial charge in [-0.25, -0.2) is 0 Å². The molecular formula is C49H34. The highest BCUT2D eigenvalue weighted by Crippen LogP contribution is 2.51. The maximum absolute atomic E-state index is 2.43. The Hall–Kier alpha value is -5.98. The molecule has 0 unspecified atom stereocenters. The summed E-state index contributed by atoms with van der Waals surface area (Å²) in [5.41, 5.74) is 13.1. The van der Waals surface area contributed by atoms with Crippen LogP contribution in [0.15, 0.2) is 170 Å². The number of hydrogen-bond acceptors (Lipinski definition) is 0. The molecule has 49 heavy (non-hydrogen) atoms. The predicted octanol–water partition coefficient (Wildman–Crippen LogP) is 13.6. The molecule has 0 spiro atoms. The van der Waals surface area contributed by atoms with Gasteiger partial charge in [0.1, 0.15) is 0 Å². The molecule has 0 nitrogen and oxygen atoms in total. The van der Waals surface area contributed by atoms with E-state index in [1.54, 1.807) is 0 Å². The Balaban J connectivity index is 1.11. The number of rotatable bonds is 3. The van der Waals surface area contributed by atoms with E-state index in [9.17, 15) is 0 Å². The number of hydrogen-bond donors (Lipinski definition) is 0. The van der Waals surface area contributed by atoms with Gasteiger partial charge in [0.05, 0.1) is 0 Å². The van der Waals surface area contributed by atoms with E-state index < -0.39 is 0 Å². The van der Waals surface area contributed by atoms with Gasteiger partial charge in [-0.15, -0.1) is 0 Å². The monoisotopic (exact) mass is 622 g/mol. The maximum atomic E-state index is 2.43. The lowest BCUT2D eigenvalue weighted by Gasteiger charge is -2.22. The number of benzene rings is 9. The molecule has 10 rings (SSSR count). The predicted molar refractivity (Wildman–Crippen MR) is 210 cm³/mol. The first-order valence-electron chi connectivity index (χ1n) is 17.3. The summed E-state index contributed by atoms with van der Waals surface area (Å²) >= 11 is 0. The molecule has 0 saturated heterocycles. The van der Waals surface area contributed by atoms with E-state index in [0.29, 0.717) is 0 Å². The zero-order valence-electron chi connectivity index (χ0n) is 27.7. The standard InChI is InChI=1S/C49H34/c1-49(2)45-30-36(26-27-38(45)44-28-34-13-3-4-14-35(34)29-46(44)49)31-22-24-33(25-23-31)47-40-17-7-9-19-42(40)48(43-20-10-8-18-41(43)47)39-21-11-15-32-12-5-6-16-37(32)39/h3-30H,1-2H3. The first-order chi connectivity index (χ1) is 24.1. The van der Waals surface area contributed by atoms with E-state index in [1.165, 1.54) is 98.7 Å². The van der Waals surface area contributed by atoms with Gasteiger partial charge in [-0.1, -0.05) is 166 Å². The second kappa shape index (κ2) is 10.5. The molecule has 0 bridgehead atoms. The first kappa shape index (κ1) is 28.1. The Morgan fingerprint density at radius 1 is 0.306 bits per heavy atom. The van der Waals surface area contributed by atoms with Crippen molar-refractivity contribution in [2.45, 2.75) is 19.3 Å². The highest BCUT2D eigenvalue weighted by atomic mass is 14.4. The third-order valence-corrected chi connectivity index (χ3v) is 11.0. The molecule has 0 heteroatoms. The van der Waals surface area contributed by atoms with Crippen LogP contribution in [-0.4, -0.2) is 0 Å². The van der Waals surface area contributed by atoms with Crippen LogP contribution < -0.4 is 0 Å². The van der Waals surface area contributed by atoms with Gasteiger partial charge < -0.3 is 0 Å². The molecule has 9 aromatic carbocycles. The Labute approximate surface area is 286 Å². The van der Waals surface area contributed by atoms with Crippen LogP contribution in [0.3, 0.4) is 0 Å². The van der Waals surface area contributed by atoms with Crippen LogP contribution in [0, 0.1) is 0 Å². The highest BCUT2D eigenvalue weighted by Gasteiger charge is 2.36. The molecule has 0 atom stereocenters. The minimum Gasteiger partial charge on any atom is -0.0616 e. The highest BCUT2D eigenvalue weighted by molar-refractivity contribution is 6.23. The van der Waals surface area contributed by atoms with Crippen molar-refractivity contribution in [3.05, 3.63) is 181 Å². The summed E-state index contributed by atoms with van der Waals surface area (Å²) in [6.45, 7) is 4.74. The zero-order valence-corrected chi connectivity index (χ0v) is 27.7. The van der Waals surface area contributed by atoms with Crippen LogP contribution in [0.5, 0.6) is 0 Å². The van der Waals surface area contributed by atoms with Gasteiger partial charge in [0.15, 0.2) is 0 Å². The van der Waals surface area contributed by atoms with Gasteiger partial charge in [0, 0.05) is 5.41 Å². The quantitative estimate of drug-likeness (QED) is 0.172. The normalized spacial score (nSPS) is 13.3. The van der Waals surface area contributed by atoms with E-state index in [-0.39, 0.29) is 5.41 Å². The summed E-state index contributed by atoms with van der Waals surface area (Å²) in [4.78, 5) is 0. The molecule has 0 amide bonds. The fourth-order valence-electron chi connectivity index (χ4n) is 8.60. The smallest absolute Gasteiger partial charge is 0.0159 e. The van der Waals surface area contributed by atoms with Gasteiger partial charge in [-0.05, 0) is 117 Å². The molecule has 230 valence electrons. The largest absolute Gasteiger partial charge is 0.0616 e. The van der Waals surface area contributed by atoms with Crippen molar-refractivity contribution in [3.63, 3.8) is 0 Å². The van der Waals surface area contributed by atoms with Gasteiger partial charge in [0.2, 0.25) is 0 Å². The third kappa shape index (κ3) is 4.17. The van der Waals surface area contributed by atoms with Crippen molar-refractivity contribution in [2.75, 3.05) is 0 Å². The SMILES string of the molecule is CC1(C)c2cc(-c3ccc(-c4c5ccccc5c(-c5cccc6ccccc56)c5ccccc45)cc3)ccc2-c2cc3ccccc3cc21. The molecular weight excluding hydrogens is 589 g/mol. The van der Waals surface area contributed by atoms with E-state index in [4.69, 9.17) is 0 Å². The third-order valence-electron chi connectivity index (χ3n) is 11.0. The van der Waals surface area contributed by atoms with Gasteiger partial charge in [-0.3, -0.25) is 0 Å². The molecule has 0 heterocycles. The molecule has 0 aromatic heterocycles. The van der Waals surface area contributed by atoms with E-state index in [1.807, 2.05) is 0 Å². The second-order valence-corrected chi connectivity index (χ2v) is 14.1. The van der Waals surface area contributed by atoms with Crippen LogP contribution in [0.2, 0.25) is 0 Å². The van der Waals surface area contributed by atoms with E-state index in [2.05, 4.69) is 184 Å². The molecule has 0 fully saturated rings. The van der Waals surface area contributed by atoms with Crippen molar-refractivity contribution in [1.29, 1.82) is 0 Å². The first-order valence-corrected chi connectivity index (χ1v) is 17.3. The Kier molecular flexibility index (Phi) is 6.02. The van der Waals surface area contributed by atoms with Crippen molar-refractivity contribution in [3.8, 4) is 44.5 Å². The Bertz CT molecular complexity index is 2720. The molecule has 0 saturated carbocycles. The lowest BCUT2D eigenvalue weighted by atomic mass is 9.81. The van der Waals surface area contributed by atoms with Crippen LogP contribution in [0.4, 0.5) is 0 Å². The van der Waals surface area contributed by atoms with Crippen molar-refractivity contribution in [2.24, 2.45) is 0 Å². The lowest BCUT2D eigenvalue weighted by molar-refractivity contribution is 0.661. The zero-order chi connectivity index (χ0) is 32.7. The van der Waals surface area contributed by atoms with E-state index >= 15 is 0 Å². The van der Waals surface area contributed by atoms with Crippen LogP contribution in [-0.2, 0) is 5.41 Å². The Morgan fingerprint density at radius 3 is 1.47 bits per heavy atom. The fraction of sp³-hybridized carbons (Fsp3) is 0.0612. The molecule has 9 aromatic rings. The van der Waals surface area contributed by atoms with Gasteiger partial charge in [0.25, 0.3) is 0 Å². The summed E-state index contributed by atoms with van der Waals surface area (Å²) < 4.78 is 0. The minimum atomic E-state index is -0.0612. The van der Waals surface area contributed by atoms with E-state index in [0.717, 1.165) is 0 Å². The fourth-order valence-corrected chi connectivity index (χ4v) is 8.60. The van der Waals surface area contributed by atoms with Gasteiger partial charge in [-0.2, -0.15) is 0 Å². The average molecular weight is 623 g/mol. The average Bonchev–Trinajstić information content (AvgIpc) is 3.37. The van der Waals surface area contributed by atoms with Gasteiger partial charge >= 0.3 is 0 Å². The molecule has 0 radical (unpaired) electrons.